The van der Waals surface area contributed by atoms with E-state index in [1.807, 2.05) is 78.9 Å². The highest BCUT2D eigenvalue weighted by atomic mass is 35.5. The lowest BCUT2D eigenvalue weighted by atomic mass is 9.86. The average molecular weight is 701 g/mol. The van der Waals surface area contributed by atoms with Crippen LogP contribution in [-0.4, -0.2) is 60.7 Å². The third kappa shape index (κ3) is 7.66. The van der Waals surface area contributed by atoms with Gasteiger partial charge in [0.15, 0.2) is 16.1 Å². The van der Waals surface area contributed by atoms with E-state index in [2.05, 4.69) is 15.7 Å². The molecule has 2 amide bonds. The maximum atomic E-state index is 14.5. The van der Waals surface area contributed by atoms with Gasteiger partial charge >= 0.3 is 6.03 Å². The molecule has 11 nitrogen and oxygen atoms in total. The lowest BCUT2D eigenvalue weighted by Gasteiger charge is -2.50. The first kappa shape index (κ1) is 34.2. The second-order valence-corrected chi connectivity index (χ2v) is 14.9. The zero-order valence-electron chi connectivity index (χ0n) is 27.8. The Morgan fingerprint density at radius 3 is 2.35 bits per heavy atom. The van der Waals surface area contributed by atoms with Crippen molar-refractivity contribution in [1.82, 2.24) is 25.4 Å². The number of allylic oxidation sites excluding steroid dienone is 1. The molecular formula is C36H41ClN8O3S. The van der Waals surface area contributed by atoms with Gasteiger partial charge in [0.05, 0.1) is 21.8 Å². The van der Waals surface area contributed by atoms with Crippen molar-refractivity contribution >= 4 is 45.1 Å². The molecule has 13 heteroatoms. The van der Waals surface area contributed by atoms with Gasteiger partial charge in [0, 0.05) is 56.8 Å². The van der Waals surface area contributed by atoms with Crippen molar-refractivity contribution < 1.29 is 13.2 Å². The van der Waals surface area contributed by atoms with Crippen LogP contribution in [0.15, 0.2) is 112 Å². The molecule has 0 radical (unpaired) electrons. The minimum Gasteiger partial charge on any atom is -0.334 e. The number of carbonyl (C=O) groups is 1. The predicted octanol–water partition coefficient (Wildman–Crippen LogP) is 6.26. The average Bonchev–Trinajstić information content (AvgIpc) is 3.55. The molecule has 1 saturated carbocycles. The monoisotopic (exact) mass is 700 g/mol. The summed E-state index contributed by atoms with van der Waals surface area (Å²) in [4.78, 5) is 21.3. The molecule has 49 heavy (non-hydrogen) atoms. The topological polar surface area (TPSA) is 115 Å². The molecule has 1 aromatic heterocycles. The van der Waals surface area contributed by atoms with Crippen LogP contribution >= 0.6 is 11.6 Å². The van der Waals surface area contributed by atoms with Crippen LogP contribution in [0.3, 0.4) is 0 Å². The molecule has 1 unspecified atom stereocenters. The molecule has 256 valence electrons. The van der Waals surface area contributed by atoms with Crippen molar-refractivity contribution in [3.05, 3.63) is 108 Å². The molecule has 3 aromatic carbocycles. The van der Waals surface area contributed by atoms with Crippen molar-refractivity contribution in [3.8, 4) is 11.1 Å². The summed E-state index contributed by atoms with van der Waals surface area (Å²) in [6.45, 7) is 0.358. The van der Waals surface area contributed by atoms with E-state index in [0.29, 0.717) is 30.1 Å². The SMILES string of the molecule is CN(c1ccccc1S(C)(=O)=O)N1C=C(Cl)C=NC1NC1(N(C(=O)NCc2ccccc2)c2ccc(-c3cnn(C)c3)cc2)CCCCC1. The summed E-state index contributed by atoms with van der Waals surface area (Å²) in [5.41, 5.74) is 3.29. The van der Waals surface area contributed by atoms with Crippen LogP contribution in [-0.2, 0) is 23.4 Å². The predicted molar refractivity (Wildman–Crippen MR) is 195 cm³/mol. The van der Waals surface area contributed by atoms with Crippen molar-refractivity contribution in [1.29, 1.82) is 0 Å². The van der Waals surface area contributed by atoms with E-state index in [1.165, 1.54) is 6.26 Å². The third-order valence-corrected chi connectivity index (χ3v) is 10.3. The number of amides is 2. The molecule has 2 heterocycles. The van der Waals surface area contributed by atoms with Gasteiger partial charge in [-0.15, -0.1) is 0 Å². The van der Waals surface area contributed by atoms with Gasteiger partial charge in [-0.1, -0.05) is 72.6 Å². The van der Waals surface area contributed by atoms with Crippen molar-refractivity contribution in [2.75, 3.05) is 23.2 Å². The maximum Gasteiger partial charge on any atom is 0.323 e. The normalized spacial score (nSPS) is 17.3. The fourth-order valence-corrected chi connectivity index (χ4v) is 7.61. The lowest BCUT2D eigenvalue weighted by Crippen LogP contribution is -2.69. The fraction of sp³-hybridized carbons (Fsp3) is 0.306. The standard InChI is InChI=1S/C36H41ClN8O3S/c1-42-25-29(23-40-42)28-16-18-31(19-17-28)45(35(46)39-22-27-12-6-4-7-13-27)36(20-10-5-11-21-36)41-34-38-24-30(37)26-44(34)43(2)32-14-8-9-15-33(32)49(3,47)48/h4,6-9,12-19,23-26,34,41H,5,10-11,20-22H2,1-3H3,(H,39,46). The van der Waals surface area contributed by atoms with E-state index in [9.17, 15) is 13.2 Å². The van der Waals surface area contributed by atoms with Gasteiger partial charge in [0.1, 0.15) is 5.66 Å². The number of rotatable bonds is 10. The zero-order valence-corrected chi connectivity index (χ0v) is 29.4. The number of benzene rings is 3. The Kier molecular flexibility index (Phi) is 10.1. The summed E-state index contributed by atoms with van der Waals surface area (Å²) < 4.78 is 27.3. The number of hydrogen-bond acceptors (Lipinski definition) is 8. The second kappa shape index (κ2) is 14.5. The van der Waals surface area contributed by atoms with Crippen LogP contribution in [0, 0.1) is 0 Å². The highest BCUT2D eigenvalue weighted by Crippen LogP contribution is 2.38. The Hall–Kier alpha value is -4.65. The zero-order chi connectivity index (χ0) is 34.6. The van der Waals surface area contributed by atoms with Crippen molar-refractivity contribution in [2.45, 2.75) is 55.5 Å². The van der Waals surface area contributed by atoms with E-state index >= 15 is 0 Å². The van der Waals surface area contributed by atoms with Gasteiger partial charge in [0.2, 0.25) is 0 Å². The molecular weight excluding hydrogens is 660 g/mol. The van der Waals surface area contributed by atoms with Gasteiger partial charge in [-0.05, 0) is 61.1 Å². The number of aromatic nitrogens is 2. The van der Waals surface area contributed by atoms with Crippen LogP contribution < -0.4 is 20.5 Å². The minimum absolute atomic E-state index is 0.179. The summed E-state index contributed by atoms with van der Waals surface area (Å²) in [5.74, 6) is 0. The molecule has 4 aromatic rings. The molecule has 1 aliphatic heterocycles. The number of nitrogens with one attached hydrogen (secondary N) is 2. The van der Waals surface area contributed by atoms with E-state index in [4.69, 9.17) is 16.6 Å². The number of nitrogens with zero attached hydrogens (tertiary/aromatic N) is 6. The Labute approximate surface area is 292 Å². The summed E-state index contributed by atoms with van der Waals surface area (Å²) in [5, 5.41) is 15.1. The Bertz CT molecular complexity index is 1940. The highest BCUT2D eigenvalue weighted by molar-refractivity contribution is 7.90. The molecule has 1 aliphatic carbocycles. The molecule has 2 aliphatic rings. The summed E-state index contributed by atoms with van der Waals surface area (Å²) >= 11 is 6.51. The highest BCUT2D eigenvalue weighted by Gasteiger charge is 2.45. The Balaban J connectivity index is 1.38. The van der Waals surface area contributed by atoms with Gasteiger partial charge in [-0.2, -0.15) is 5.10 Å². The molecule has 2 N–H and O–H groups in total. The van der Waals surface area contributed by atoms with Crippen LogP contribution in [0.1, 0.15) is 37.7 Å². The number of hydrazine groups is 1. The number of hydrogen-bond donors (Lipinski definition) is 2. The maximum absolute atomic E-state index is 14.5. The van der Waals surface area contributed by atoms with Gasteiger partial charge in [0.25, 0.3) is 0 Å². The molecule has 1 atom stereocenters. The summed E-state index contributed by atoms with van der Waals surface area (Å²) in [6, 6.07) is 24.3. The van der Waals surface area contributed by atoms with Crippen LogP contribution in [0.25, 0.3) is 11.1 Å². The van der Waals surface area contributed by atoms with Gasteiger partial charge in [-0.3, -0.25) is 29.9 Å². The quantitative estimate of drug-likeness (QED) is 0.188. The lowest BCUT2D eigenvalue weighted by molar-refractivity contribution is 0.130. The van der Waals surface area contributed by atoms with Crippen molar-refractivity contribution in [2.24, 2.45) is 12.0 Å². The van der Waals surface area contributed by atoms with Crippen LogP contribution in [0.4, 0.5) is 16.2 Å². The molecule has 1 fully saturated rings. The van der Waals surface area contributed by atoms with Crippen molar-refractivity contribution in [3.63, 3.8) is 0 Å². The Morgan fingerprint density at radius 2 is 1.67 bits per heavy atom. The second-order valence-electron chi connectivity index (χ2n) is 12.5. The number of para-hydroxylation sites is 1. The number of aryl methyl sites for hydroxylation is 1. The van der Waals surface area contributed by atoms with Crippen LogP contribution in [0.2, 0.25) is 0 Å². The van der Waals surface area contributed by atoms with Gasteiger partial charge < -0.3 is 5.32 Å². The number of aliphatic imine (C=N–C) groups is 1. The Morgan fingerprint density at radius 1 is 0.980 bits per heavy atom. The first-order valence-corrected chi connectivity index (χ1v) is 18.5. The summed E-state index contributed by atoms with van der Waals surface area (Å²) in [6.07, 6.45) is 11.7. The largest absolute Gasteiger partial charge is 0.334 e. The first-order valence-electron chi connectivity index (χ1n) is 16.2. The molecule has 0 saturated heterocycles. The number of halogens is 1. The van der Waals surface area contributed by atoms with E-state index in [0.717, 1.165) is 41.6 Å². The number of urea groups is 1. The van der Waals surface area contributed by atoms with E-state index in [-0.39, 0.29) is 10.9 Å². The molecule has 0 bridgehead atoms. The molecule has 0 spiro atoms. The third-order valence-electron chi connectivity index (χ3n) is 8.96. The first-order chi connectivity index (χ1) is 23.5. The van der Waals surface area contributed by atoms with Gasteiger partial charge in [-0.25, -0.2) is 13.2 Å². The minimum atomic E-state index is -3.55. The number of carbonyl (C=O) groups excluding carboxylic acids is 1. The van der Waals surface area contributed by atoms with E-state index in [1.54, 1.807) is 58.4 Å². The summed E-state index contributed by atoms with van der Waals surface area (Å²) in [7, 11) is 0.107. The number of sulfone groups is 1. The van der Waals surface area contributed by atoms with E-state index < -0.39 is 21.8 Å². The van der Waals surface area contributed by atoms with Crippen LogP contribution in [0.5, 0.6) is 0 Å². The fourth-order valence-electron chi connectivity index (χ4n) is 6.55. The molecule has 6 rings (SSSR count). The smallest absolute Gasteiger partial charge is 0.323 e. The number of anilines is 2.